The maximum Gasteiger partial charge on any atom is 0.426 e. The summed E-state index contributed by atoms with van der Waals surface area (Å²) < 4.78 is 36.2. The van der Waals surface area contributed by atoms with Gasteiger partial charge < -0.3 is 0 Å². The van der Waals surface area contributed by atoms with Gasteiger partial charge in [-0.3, -0.25) is 0 Å². The molecule has 1 aromatic carbocycles. The van der Waals surface area contributed by atoms with E-state index < -0.39 is 11.2 Å². The summed E-state index contributed by atoms with van der Waals surface area (Å²) in [6.45, 7) is 0. The van der Waals surface area contributed by atoms with Crippen LogP contribution in [0.5, 0.6) is 0 Å². The van der Waals surface area contributed by atoms with Crippen molar-refractivity contribution in [2.24, 2.45) is 0 Å². The smallest absolute Gasteiger partial charge is 0.165 e. The topological polar surface area (TPSA) is 0 Å². The largest absolute Gasteiger partial charge is 0.426 e. The van der Waals surface area contributed by atoms with Gasteiger partial charge in [-0.2, -0.15) is 13.2 Å². The Kier molecular flexibility index (Phi) is 3.93. The van der Waals surface area contributed by atoms with Gasteiger partial charge in [-0.1, -0.05) is 40.9 Å². The second-order valence-corrected chi connectivity index (χ2v) is 3.89. The monoisotopic (exact) mass is 274 g/mol. The van der Waals surface area contributed by atoms with Crippen molar-refractivity contribution in [2.45, 2.75) is 6.18 Å². The molecule has 0 spiro atoms. The average molecular weight is 275 g/mol. The molecule has 0 aromatic heterocycles. The number of allylic oxidation sites excluding steroid dienone is 1. The Bertz CT molecular complexity index is 396. The quantitative estimate of drug-likeness (QED) is 0.666. The molecule has 0 unspecified atom stereocenters. The maximum absolute atomic E-state index is 12.1. The van der Waals surface area contributed by atoms with Crippen LogP contribution in [0.3, 0.4) is 0 Å². The van der Waals surface area contributed by atoms with Gasteiger partial charge in [0.05, 0.1) is 10.0 Å². The lowest BCUT2D eigenvalue weighted by atomic mass is 10.2. The first-order valence-electron chi connectivity index (χ1n) is 3.70. The summed E-state index contributed by atoms with van der Waals surface area (Å²) in [5.41, 5.74) is 0.242. The summed E-state index contributed by atoms with van der Waals surface area (Å²) in [6.07, 6.45) is -3.77. The van der Waals surface area contributed by atoms with E-state index in [0.717, 1.165) is 6.08 Å². The van der Waals surface area contributed by atoms with Gasteiger partial charge in [0.25, 0.3) is 0 Å². The van der Waals surface area contributed by atoms with Gasteiger partial charge in [0.2, 0.25) is 0 Å². The zero-order valence-corrected chi connectivity index (χ0v) is 9.34. The van der Waals surface area contributed by atoms with Crippen LogP contribution in [-0.4, -0.2) is 6.18 Å². The predicted octanol–water partition coefficient (Wildman–Crippen LogP) is 5.14. The van der Waals surface area contributed by atoms with Crippen LogP contribution in [-0.2, 0) is 0 Å². The molecule has 0 fully saturated rings. The minimum Gasteiger partial charge on any atom is -0.165 e. The van der Waals surface area contributed by atoms with E-state index in [1.165, 1.54) is 18.2 Å². The van der Waals surface area contributed by atoms with Crippen molar-refractivity contribution < 1.29 is 13.2 Å². The van der Waals surface area contributed by atoms with E-state index in [-0.39, 0.29) is 15.6 Å². The number of halogens is 6. The van der Waals surface area contributed by atoms with E-state index in [1.807, 2.05) is 0 Å². The molecule has 0 atom stereocenters. The normalized spacial score (nSPS) is 13.1. The number of hydrogen-bond acceptors (Lipinski definition) is 0. The maximum atomic E-state index is 12.1. The molecule has 0 saturated carbocycles. The fraction of sp³-hybridized carbons (Fsp3) is 0.111. The third-order valence-electron chi connectivity index (χ3n) is 1.51. The molecule has 0 aliphatic carbocycles. The standard InChI is InChI=1S/C9H4Cl3F3/c10-6-2-1-5(3-7(6)11)4-8(12)9(13,14)15/h1-4H. The molecule has 1 aromatic rings. The van der Waals surface area contributed by atoms with Crippen LogP contribution in [0.25, 0.3) is 6.08 Å². The fourth-order valence-corrected chi connectivity index (χ4v) is 1.26. The molecule has 0 N–H and O–H groups in total. The van der Waals surface area contributed by atoms with Crippen LogP contribution < -0.4 is 0 Å². The first kappa shape index (κ1) is 12.7. The molecule has 15 heavy (non-hydrogen) atoms. The third-order valence-corrected chi connectivity index (χ3v) is 2.57. The second kappa shape index (κ2) is 4.64. The lowest BCUT2D eigenvalue weighted by Gasteiger charge is -2.04. The highest BCUT2D eigenvalue weighted by atomic mass is 35.5. The van der Waals surface area contributed by atoms with Crippen LogP contribution in [0, 0.1) is 0 Å². The van der Waals surface area contributed by atoms with Gasteiger partial charge in [0.1, 0.15) is 5.03 Å². The van der Waals surface area contributed by atoms with Crippen LogP contribution in [0.4, 0.5) is 13.2 Å². The van der Waals surface area contributed by atoms with Crippen LogP contribution in [0.15, 0.2) is 23.2 Å². The molecule has 0 nitrogen and oxygen atoms in total. The molecule has 0 radical (unpaired) electrons. The number of rotatable bonds is 1. The summed E-state index contributed by atoms with van der Waals surface area (Å²) in [5, 5.41) is -0.755. The molecular formula is C9H4Cl3F3. The highest BCUT2D eigenvalue weighted by Crippen LogP contribution is 2.31. The Balaban J connectivity index is 3.04. The summed E-state index contributed by atoms with van der Waals surface area (Å²) >= 11 is 16.3. The number of alkyl halides is 3. The Morgan fingerprint density at radius 1 is 1.13 bits per heavy atom. The minimum absolute atomic E-state index is 0.178. The molecule has 0 aliphatic rings. The second-order valence-electron chi connectivity index (χ2n) is 2.66. The van der Waals surface area contributed by atoms with E-state index in [9.17, 15) is 13.2 Å². The summed E-state index contributed by atoms with van der Waals surface area (Å²) in [5.74, 6) is 0. The SMILES string of the molecule is FC(F)(F)C(Cl)=Cc1ccc(Cl)c(Cl)c1. The van der Waals surface area contributed by atoms with E-state index >= 15 is 0 Å². The zero-order chi connectivity index (χ0) is 11.6. The number of hydrogen-bond donors (Lipinski definition) is 0. The molecule has 0 saturated heterocycles. The van der Waals surface area contributed by atoms with Gasteiger partial charge in [-0.15, -0.1) is 0 Å². The van der Waals surface area contributed by atoms with E-state index in [4.69, 9.17) is 34.8 Å². The van der Waals surface area contributed by atoms with Crippen LogP contribution in [0.1, 0.15) is 5.56 Å². The van der Waals surface area contributed by atoms with E-state index in [2.05, 4.69) is 0 Å². The van der Waals surface area contributed by atoms with Crippen molar-refractivity contribution in [3.8, 4) is 0 Å². The first-order valence-corrected chi connectivity index (χ1v) is 4.83. The van der Waals surface area contributed by atoms with Gasteiger partial charge in [0.15, 0.2) is 0 Å². The molecule has 0 heterocycles. The predicted molar refractivity (Wildman–Crippen MR) is 56.3 cm³/mol. The number of benzene rings is 1. The van der Waals surface area contributed by atoms with E-state index in [1.54, 1.807) is 0 Å². The van der Waals surface area contributed by atoms with Crippen molar-refractivity contribution in [2.75, 3.05) is 0 Å². The van der Waals surface area contributed by atoms with Gasteiger partial charge in [-0.05, 0) is 23.8 Å². The van der Waals surface area contributed by atoms with Crippen molar-refractivity contribution in [3.05, 3.63) is 38.8 Å². The van der Waals surface area contributed by atoms with Crippen LogP contribution in [0.2, 0.25) is 10.0 Å². The van der Waals surface area contributed by atoms with Gasteiger partial charge in [0, 0.05) is 0 Å². The van der Waals surface area contributed by atoms with Crippen molar-refractivity contribution in [1.82, 2.24) is 0 Å². The van der Waals surface area contributed by atoms with Gasteiger partial charge in [-0.25, -0.2) is 0 Å². The fourth-order valence-electron chi connectivity index (χ4n) is 0.830. The molecule has 0 amide bonds. The summed E-state index contributed by atoms with van der Waals surface area (Å²) in [7, 11) is 0. The zero-order valence-electron chi connectivity index (χ0n) is 7.08. The highest BCUT2D eigenvalue weighted by molar-refractivity contribution is 6.42. The molecule has 6 heteroatoms. The van der Waals surface area contributed by atoms with Gasteiger partial charge >= 0.3 is 6.18 Å². The van der Waals surface area contributed by atoms with Crippen LogP contribution >= 0.6 is 34.8 Å². The van der Waals surface area contributed by atoms with Crippen molar-refractivity contribution >= 4 is 40.9 Å². The highest BCUT2D eigenvalue weighted by Gasteiger charge is 2.32. The molecule has 1 rings (SSSR count). The summed E-state index contributed by atoms with van der Waals surface area (Å²) in [6, 6.07) is 4.09. The minimum atomic E-state index is -4.55. The average Bonchev–Trinajstić information content (AvgIpc) is 2.10. The molecule has 0 bridgehead atoms. The lowest BCUT2D eigenvalue weighted by molar-refractivity contribution is -0.0836. The lowest BCUT2D eigenvalue weighted by Crippen LogP contribution is -2.06. The molecule has 82 valence electrons. The van der Waals surface area contributed by atoms with E-state index in [0.29, 0.717) is 0 Å². The Labute approximate surface area is 99.2 Å². The first-order chi connectivity index (χ1) is 6.80. The third kappa shape index (κ3) is 3.59. The Hall–Kier alpha value is -0.380. The Morgan fingerprint density at radius 3 is 2.20 bits per heavy atom. The molecular weight excluding hydrogens is 271 g/mol. The Morgan fingerprint density at radius 2 is 1.73 bits per heavy atom. The van der Waals surface area contributed by atoms with Crippen molar-refractivity contribution in [3.63, 3.8) is 0 Å². The van der Waals surface area contributed by atoms with Crippen molar-refractivity contribution in [1.29, 1.82) is 0 Å². The molecule has 0 aliphatic heterocycles. The summed E-state index contributed by atoms with van der Waals surface area (Å²) in [4.78, 5) is 0.